The molecule has 0 saturated carbocycles. The Morgan fingerprint density at radius 3 is 2.74 bits per heavy atom. The summed E-state index contributed by atoms with van der Waals surface area (Å²) in [6, 6.07) is 7.31. The highest BCUT2D eigenvalue weighted by molar-refractivity contribution is 6.10. The van der Waals surface area contributed by atoms with E-state index in [0.29, 0.717) is 0 Å². The minimum absolute atomic E-state index is 0.268. The lowest BCUT2D eigenvalue weighted by molar-refractivity contribution is 0.476. The van der Waals surface area contributed by atoms with Gasteiger partial charge in [0.1, 0.15) is 11.4 Å². The molecule has 19 heavy (non-hydrogen) atoms. The van der Waals surface area contributed by atoms with Crippen LogP contribution in [0.5, 0.6) is 5.75 Å². The molecule has 0 saturated heterocycles. The molecule has 2 aromatic rings. The van der Waals surface area contributed by atoms with Gasteiger partial charge in [-0.15, -0.1) is 0 Å². The third-order valence-electron chi connectivity index (χ3n) is 3.33. The minimum atomic E-state index is 0.268. The average Bonchev–Trinajstić information content (AvgIpc) is 3.00. The summed E-state index contributed by atoms with van der Waals surface area (Å²) in [6.45, 7) is 2.73. The van der Waals surface area contributed by atoms with E-state index in [9.17, 15) is 5.11 Å². The molecule has 0 aliphatic carbocycles. The Kier molecular flexibility index (Phi) is 2.71. The molecule has 0 bridgehead atoms. The van der Waals surface area contributed by atoms with Crippen LogP contribution in [0.4, 0.5) is 0 Å². The van der Waals surface area contributed by atoms with E-state index < -0.39 is 0 Å². The molecule has 0 unspecified atom stereocenters. The van der Waals surface area contributed by atoms with Crippen LogP contribution in [-0.2, 0) is 7.05 Å². The monoisotopic (exact) mass is 253 g/mol. The van der Waals surface area contributed by atoms with Crippen molar-refractivity contribution in [2.75, 3.05) is 6.54 Å². The number of allylic oxidation sites excluding steroid dienone is 1. The predicted molar refractivity (Wildman–Crippen MR) is 75.6 cm³/mol. The molecule has 4 nitrogen and oxygen atoms in total. The van der Waals surface area contributed by atoms with Crippen LogP contribution in [0.3, 0.4) is 0 Å². The maximum atomic E-state index is 10.0. The van der Waals surface area contributed by atoms with Gasteiger partial charge < -0.3 is 5.11 Å². The Bertz CT molecular complexity index is 695. The number of benzene rings is 1. The van der Waals surface area contributed by atoms with Crippen LogP contribution in [0.2, 0.25) is 0 Å². The van der Waals surface area contributed by atoms with Crippen molar-refractivity contribution < 1.29 is 5.11 Å². The van der Waals surface area contributed by atoms with Gasteiger partial charge >= 0.3 is 0 Å². The van der Waals surface area contributed by atoms with Gasteiger partial charge in [0.25, 0.3) is 0 Å². The zero-order valence-electron chi connectivity index (χ0n) is 11.0. The van der Waals surface area contributed by atoms with Crippen LogP contribution < -0.4 is 0 Å². The van der Waals surface area contributed by atoms with Gasteiger partial charge in [0.15, 0.2) is 0 Å². The maximum absolute atomic E-state index is 10.0. The largest absolute Gasteiger partial charge is 0.507 e. The third-order valence-corrected chi connectivity index (χ3v) is 3.33. The molecule has 0 atom stereocenters. The van der Waals surface area contributed by atoms with Crippen molar-refractivity contribution in [3.63, 3.8) is 0 Å². The van der Waals surface area contributed by atoms with Crippen molar-refractivity contribution in [1.82, 2.24) is 9.78 Å². The van der Waals surface area contributed by atoms with E-state index in [1.54, 1.807) is 10.7 Å². The van der Waals surface area contributed by atoms with E-state index in [1.807, 2.05) is 44.3 Å². The fourth-order valence-corrected chi connectivity index (χ4v) is 2.45. The lowest BCUT2D eigenvalue weighted by atomic mass is 10.0. The zero-order chi connectivity index (χ0) is 13.4. The normalized spacial score (nSPS) is 13.9. The standard InChI is InChI=1S/C15H15N3O/c1-10-14(12-7-5-9-16-12)17-18(2)15(10)11-6-3-4-8-13(11)19/h3-8,19H,9H2,1-2H3. The van der Waals surface area contributed by atoms with E-state index >= 15 is 0 Å². The lowest BCUT2D eigenvalue weighted by Crippen LogP contribution is -1.99. The number of aryl methyl sites for hydroxylation is 1. The number of para-hydroxylation sites is 1. The third kappa shape index (κ3) is 1.85. The molecule has 0 amide bonds. The number of aliphatic imine (C=N–C) groups is 1. The fraction of sp³-hybridized carbons (Fsp3) is 0.200. The summed E-state index contributed by atoms with van der Waals surface area (Å²) in [5.41, 5.74) is 4.55. The number of phenolic OH excluding ortho intramolecular Hbond substituents is 1. The van der Waals surface area contributed by atoms with Crippen molar-refractivity contribution in [2.45, 2.75) is 6.92 Å². The second kappa shape index (κ2) is 4.39. The fourth-order valence-electron chi connectivity index (χ4n) is 2.45. The summed E-state index contributed by atoms with van der Waals surface area (Å²) in [4.78, 5) is 4.40. The van der Waals surface area contributed by atoms with Crippen molar-refractivity contribution in [1.29, 1.82) is 0 Å². The summed E-state index contributed by atoms with van der Waals surface area (Å²) >= 11 is 0. The molecule has 3 rings (SSSR count). The minimum Gasteiger partial charge on any atom is -0.507 e. The number of phenols is 1. The molecular formula is C15H15N3O. The molecule has 1 aliphatic rings. The molecule has 0 radical (unpaired) electrons. The first-order chi connectivity index (χ1) is 9.18. The van der Waals surface area contributed by atoms with Gasteiger partial charge in [0, 0.05) is 18.2 Å². The molecule has 1 aromatic heterocycles. The summed E-state index contributed by atoms with van der Waals surface area (Å²) in [7, 11) is 1.89. The molecule has 1 N–H and O–H groups in total. The first kappa shape index (κ1) is 11.7. The SMILES string of the molecule is Cc1c(C2=NCC=C2)nn(C)c1-c1ccccc1O. The number of aromatic hydroxyl groups is 1. The lowest BCUT2D eigenvalue weighted by Gasteiger charge is -2.06. The van der Waals surface area contributed by atoms with Crippen LogP contribution in [0.25, 0.3) is 11.3 Å². The molecule has 2 heterocycles. The summed E-state index contributed by atoms with van der Waals surface area (Å²) in [6.07, 6.45) is 4.01. The van der Waals surface area contributed by atoms with Gasteiger partial charge in [-0.05, 0) is 25.1 Å². The molecule has 96 valence electrons. The van der Waals surface area contributed by atoms with Gasteiger partial charge in [0.05, 0.1) is 18.0 Å². The van der Waals surface area contributed by atoms with Gasteiger partial charge in [-0.2, -0.15) is 5.10 Å². The molecule has 0 spiro atoms. The van der Waals surface area contributed by atoms with E-state index in [-0.39, 0.29) is 5.75 Å². The van der Waals surface area contributed by atoms with E-state index in [4.69, 9.17) is 0 Å². The zero-order valence-corrected chi connectivity index (χ0v) is 11.0. The Hall–Kier alpha value is -2.36. The van der Waals surface area contributed by atoms with Gasteiger partial charge in [-0.25, -0.2) is 0 Å². The Labute approximate surface area is 111 Å². The van der Waals surface area contributed by atoms with Gasteiger partial charge in [-0.3, -0.25) is 9.67 Å². The Morgan fingerprint density at radius 1 is 1.26 bits per heavy atom. The van der Waals surface area contributed by atoms with E-state index in [0.717, 1.165) is 34.8 Å². The smallest absolute Gasteiger partial charge is 0.124 e. The average molecular weight is 253 g/mol. The highest BCUT2D eigenvalue weighted by atomic mass is 16.3. The quantitative estimate of drug-likeness (QED) is 0.893. The number of hydrogen-bond acceptors (Lipinski definition) is 3. The molecule has 4 heteroatoms. The van der Waals surface area contributed by atoms with Crippen molar-refractivity contribution in [3.8, 4) is 17.0 Å². The van der Waals surface area contributed by atoms with Crippen molar-refractivity contribution >= 4 is 5.71 Å². The number of aromatic nitrogens is 2. The van der Waals surface area contributed by atoms with Crippen LogP contribution in [0.1, 0.15) is 11.3 Å². The first-order valence-corrected chi connectivity index (χ1v) is 6.22. The maximum Gasteiger partial charge on any atom is 0.124 e. The van der Waals surface area contributed by atoms with Crippen molar-refractivity contribution in [2.24, 2.45) is 12.0 Å². The number of hydrogen-bond donors (Lipinski definition) is 1. The van der Waals surface area contributed by atoms with Crippen molar-refractivity contribution in [3.05, 3.63) is 47.7 Å². The highest BCUT2D eigenvalue weighted by Gasteiger charge is 2.19. The topological polar surface area (TPSA) is 50.4 Å². The summed E-state index contributed by atoms with van der Waals surface area (Å²) < 4.78 is 1.80. The van der Waals surface area contributed by atoms with Crippen LogP contribution in [-0.4, -0.2) is 27.1 Å². The molecule has 1 aliphatic heterocycles. The highest BCUT2D eigenvalue weighted by Crippen LogP contribution is 2.32. The number of rotatable bonds is 2. The Morgan fingerprint density at radius 2 is 2.05 bits per heavy atom. The second-order valence-corrected chi connectivity index (χ2v) is 4.59. The molecular weight excluding hydrogens is 238 g/mol. The molecule has 1 aromatic carbocycles. The van der Waals surface area contributed by atoms with Gasteiger partial charge in [-0.1, -0.05) is 18.2 Å². The van der Waals surface area contributed by atoms with Crippen LogP contribution in [0, 0.1) is 6.92 Å². The van der Waals surface area contributed by atoms with E-state index in [2.05, 4.69) is 10.1 Å². The van der Waals surface area contributed by atoms with Gasteiger partial charge in [0.2, 0.25) is 0 Å². The summed E-state index contributed by atoms with van der Waals surface area (Å²) in [5, 5.41) is 14.5. The van der Waals surface area contributed by atoms with Crippen LogP contribution in [0.15, 0.2) is 41.4 Å². The molecule has 0 fully saturated rings. The summed E-state index contributed by atoms with van der Waals surface area (Å²) in [5.74, 6) is 0.268. The Balaban J connectivity index is 2.18. The number of nitrogens with zero attached hydrogens (tertiary/aromatic N) is 3. The van der Waals surface area contributed by atoms with Crippen LogP contribution >= 0.6 is 0 Å². The predicted octanol–water partition coefficient (Wildman–Crippen LogP) is 2.46. The van der Waals surface area contributed by atoms with E-state index in [1.165, 1.54) is 0 Å². The second-order valence-electron chi connectivity index (χ2n) is 4.59. The first-order valence-electron chi connectivity index (χ1n) is 6.22.